The Kier molecular flexibility index (Phi) is 10.6. The highest BCUT2D eigenvalue weighted by Gasteiger charge is 2.28. The van der Waals surface area contributed by atoms with Gasteiger partial charge in [-0.25, -0.2) is 24.1 Å². The van der Waals surface area contributed by atoms with Gasteiger partial charge in [0.15, 0.2) is 0 Å². The summed E-state index contributed by atoms with van der Waals surface area (Å²) in [5.41, 5.74) is 3.38. The normalized spacial score (nSPS) is 13.5. The number of carbonyl (C=O) groups is 4. The lowest BCUT2D eigenvalue weighted by molar-refractivity contribution is -0.139. The predicted molar refractivity (Wildman–Crippen MR) is 121 cm³/mol. The third kappa shape index (κ3) is 14.6. The van der Waals surface area contributed by atoms with Gasteiger partial charge in [0.1, 0.15) is 22.8 Å². The molecule has 0 aromatic heterocycles. The smallest absolute Gasteiger partial charge is 0.437 e. The molecule has 0 aliphatic heterocycles. The van der Waals surface area contributed by atoms with Crippen LogP contribution in [0.15, 0.2) is 4.99 Å². The Hall–Kier alpha value is -3.05. The minimum absolute atomic E-state index is 0.0619. The second-order valence-electron chi connectivity index (χ2n) is 10.3. The van der Waals surface area contributed by atoms with E-state index in [0.717, 1.165) is 4.90 Å². The number of nitrogens with zero attached hydrogens (tertiary/aromatic N) is 2. The molecule has 0 rings (SSSR count). The van der Waals surface area contributed by atoms with Crippen molar-refractivity contribution < 1.29 is 38.5 Å². The zero-order valence-corrected chi connectivity index (χ0v) is 21.0. The predicted octanol–water partition coefficient (Wildman–Crippen LogP) is 3.23. The fourth-order valence-corrected chi connectivity index (χ4v) is 2.22. The molecule has 0 fully saturated rings. The highest BCUT2D eigenvalue weighted by molar-refractivity contribution is 5.98. The van der Waals surface area contributed by atoms with Crippen molar-refractivity contribution in [2.45, 2.75) is 98.0 Å². The number of rotatable bonds is 6. The van der Waals surface area contributed by atoms with Crippen molar-refractivity contribution in [3.05, 3.63) is 0 Å². The number of hydrogen-bond donors (Lipinski definition) is 3. The third-order valence-electron chi connectivity index (χ3n) is 3.35. The SMILES string of the molecule is CC(C)(C)OC(=O)/N=C(/N)N(CCCC(NC(=O)OC(C)(C)C)C(=O)O)C(=O)OC(C)(C)C. The highest BCUT2D eigenvalue weighted by atomic mass is 16.6. The zero-order valence-electron chi connectivity index (χ0n) is 21.0. The first-order valence-corrected chi connectivity index (χ1v) is 10.5. The molecule has 1 atom stereocenters. The number of aliphatic carboxylic acids is 1. The van der Waals surface area contributed by atoms with Crippen molar-refractivity contribution in [1.29, 1.82) is 0 Å². The van der Waals surface area contributed by atoms with Gasteiger partial charge in [0.05, 0.1) is 0 Å². The van der Waals surface area contributed by atoms with Gasteiger partial charge in [-0.3, -0.25) is 0 Å². The summed E-state index contributed by atoms with van der Waals surface area (Å²) in [6, 6.07) is -1.27. The van der Waals surface area contributed by atoms with E-state index in [-0.39, 0.29) is 19.4 Å². The fourth-order valence-electron chi connectivity index (χ4n) is 2.22. The van der Waals surface area contributed by atoms with E-state index in [1.165, 1.54) is 0 Å². The molecular formula is C21H38N4O8. The Balaban J connectivity index is 5.39. The Bertz CT molecular complexity index is 745. The summed E-state index contributed by atoms with van der Waals surface area (Å²) < 4.78 is 15.4. The van der Waals surface area contributed by atoms with Crippen LogP contribution in [-0.4, -0.2) is 69.6 Å². The molecule has 0 bridgehead atoms. The highest BCUT2D eigenvalue weighted by Crippen LogP contribution is 2.13. The summed E-state index contributed by atoms with van der Waals surface area (Å²) in [5, 5.41) is 11.7. The molecule has 0 heterocycles. The fraction of sp³-hybridized carbons (Fsp3) is 0.762. The first kappa shape index (κ1) is 29.9. The van der Waals surface area contributed by atoms with Crippen molar-refractivity contribution in [2.24, 2.45) is 10.7 Å². The maximum Gasteiger partial charge on any atom is 0.437 e. The number of amides is 3. The van der Waals surface area contributed by atoms with Crippen molar-refractivity contribution in [2.75, 3.05) is 6.54 Å². The molecule has 33 heavy (non-hydrogen) atoms. The second kappa shape index (κ2) is 11.7. The van der Waals surface area contributed by atoms with Crippen LogP contribution in [0.4, 0.5) is 14.4 Å². The van der Waals surface area contributed by atoms with E-state index in [1.807, 2.05) is 0 Å². The second-order valence-corrected chi connectivity index (χ2v) is 10.3. The van der Waals surface area contributed by atoms with E-state index in [9.17, 15) is 24.3 Å². The number of nitrogens with two attached hydrogens (primary N) is 1. The molecule has 1 unspecified atom stereocenters. The van der Waals surface area contributed by atoms with E-state index in [1.54, 1.807) is 62.3 Å². The molecule has 0 spiro atoms. The molecule has 0 aromatic carbocycles. The van der Waals surface area contributed by atoms with Gasteiger partial charge in [-0.05, 0) is 75.2 Å². The van der Waals surface area contributed by atoms with Crippen LogP contribution >= 0.6 is 0 Å². The van der Waals surface area contributed by atoms with Gasteiger partial charge in [0.25, 0.3) is 0 Å². The molecule has 0 aliphatic carbocycles. The Morgan fingerprint density at radius 3 is 1.82 bits per heavy atom. The number of hydrogen-bond acceptors (Lipinski definition) is 7. The number of ether oxygens (including phenoxy) is 3. The molecule has 12 heteroatoms. The van der Waals surface area contributed by atoms with Gasteiger partial charge in [-0.1, -0.05) is 0 Å². The van der Waals surface area contributed by atoms with Crippen LogP contribution in [0.25, 0.3) is 0 Å². The number of carboxylic acids is 1. The summed E-state index contributed by atoms with van der Waals surface area (Å²) in [7, 11) is 0. The van der Waals surface area contributed by atoms with Crippen LogP contribution in [0.3, 0.4) is 0 Å². The van der Waals surface area contributed by atoms with Crippen LogP contribution in [0, 0.1) is 0 Å². The van der Waals surface area contributed by atoms with Gasteiger partial charge in [0.2, 0.25) is 5.96 Å². The number of nitrogens with one attached hydrogen (secondary N) is 1. The molecule has 0 saturated carbocycles. The summed E-state index contributed by atoms with van der Waals surface area (Å²) in [6.07, 6.45) is -2.74. The van der Waals surface area contributed by atoms with E-state index in [2.05, 4.69) is 10.3 Å². The molecule has 4 N–H and O–H groups in total. The summed E-state index contributed by atoms with van der Waals surface area (Å²) in [5.74, 6) is -1.74. The molecular weight excluding hydrogens is 436 g/mol. The van der Waals surface area contributed by atoms with Gasteiger partial charge >= 0.3 is 24.2 Å². The zero-order chi connectivity index (χ0) is 26.2. The van der Waals surface area contributed by atoms with Crippen molar-refractivity contribution >= 4 is 30.2 Å². The topological polar surface area (TPSA) is 170 Å². The monoisotopic (exact) mass is 474 g/mol. The number of carbonyl (C=O) groups excluding carboxylic acids is 3. The maximum absolute atomic E-state index is 12.6. The van der Waals surface area contributed by atoms with Gasteiger partial charge in [-0.2, -0.15) is 0 Å². The lowest BCUT2D eigenvalue weighted by atomic mass is 10.1. The van der Waals surface area contributed by atoms with Crippen LogP contribution in [0.5, 0.6) is 0 Å². The van der Waals surface area contributed by atoms with Gasteiger partial charge in [0, 0.05) is 6.54 Å². The van der Waals surface area contributed by atoms with Crippen molar-refractivity contribution in [1.82, 2.24) is 10.2 Å². The lowest BCUT2D eigenvalue weighted by Crippen LogP contribution is -2.47. The average Bonchev–Trinajstić information content (AvgIpc) is 2.51. The quantitative estimate of drug-likeness (QED) is 0.297. The van der Waals surface area contributed by atoms with E-state index in [4.69, 9.17) is 19.9 Å². The average molecular weight is 475 g/mol. The summed E-state index contributed by atoms with van der Waals surface area (Å²) in [4.78, 5) is 52.5. The largest absolute Gasteiger partial charge is 0.480 e. The number of aliphatic imine (C=N–C) groups is 1. The van der Waals surface area contributed by atoms with E-state index < -0.39 is 53.1 Å². The standard InChI is InChI=1S/C21H38N4O8/c1-19(2,3)31-16(28)23-13(14(26)27)11-10-12-25(18(30)33-21(7,8)9)15(22)24-17(29)32-20(4,5)6/h13H,10-12H2,1-9H3,(H,23,28)(H,26,27)(H2,22,24,29). The Morgan fingerprint density at radius 2 is 1.39 bits per heavy atom. The van der Waals surface area contributed by atoms with Crippen LogP contribution in [-0.2, 0) is 19.0 Å². The van der Waals surface area contributed by atoms with Crippen molar-refractivity contribution in [3.8, 4) is 0 Å². The number of alkyl carbamates (subject to hydrolysis) is 1. The van der Waals surface area contributed by atoms with Crippen LogP contribution in [0.2, 0.25) is 0 Å². The number of carboxylic acid groups (broad SMARTS) is 1. The van der Waals surface area contributed by atoms with E-state index in [0.29, 0.717) is 0 Å². The van der Waals surface area contributed by atoms with E-state index >= 15 is 0 Å². The van der Waals surface area contributed by atoms with Gasteiger partial charge < -0.3 is 30.4 Å². The summed E-state index contributed by atoms with van der Waals surface area (Å²) >= 11 is 0. The molecule has 0 saturated heterocycles. The Labute approximate surface area is 194 Å². The maximum atomic E-state index is 12.6. The molecule has 0 aliphatic rings. The minimum Gasteiger partial charge on any atom is -0.480 e. The molecule has 3 amide bonds. The molecule has 0 aromatic rings. The molecule has 12 nitrogen and oxygen atoms in total. The van der Waals surface area contributed by atoms with Crippen molar-refractivity contribution in [3.63, 3.8) is 0 Å². The first-order chi connectivity index (χ1) is 14.7. The summed E-state index contributed by atoms with van der Waals surface area (Å²) in [6.45, 7) is 14.7. The lowest BCUT2D eigenvalue weighted by Gasteiger charge is -2.27. The van der Waals surface area contributed by atoms with Crippen LogP contribution < -0.4 is 11.1 Å². The van der Waals surface area contributed by atoms with Gasteiger partial charge in [-0.15, -0.1) is 4.99 Å². The third-order valence-corrected chi connectivity index (χ3v) is 3.35. The molecule has 0 radical (unpaired) electrons. The molecule has 190 valence electrons. The number of guanidine groups is 1. The Morgan fingerprint density at radius 1 is 0.909 bits per heavy atom. The first-order valence-electron chi connectivity index (χ1n) is 10.5. The van der Waals surface area contributed by atoms with Crippen LogP contribution in [0.1, 0.15) is 75.2 Å². The minimum atomic E-state index is -1.28.